The Morgan fingerprint density at radius 2 is 1.69 bits per heavy atom. The lowest BCUT2D eigenvalue weighted by Gasteiger charge is -2.32. The topological polar surface area (TPSA) is 97.7 Å². The zero-order valence-electron chi connectivity index (χ0n) is 15.3. The summed E-state index contributed by atoms with van der Waals surface area (Å²) in [6.45, 7) is 1.48. The van der Waals surface area contributed by atoms with Gasteiger partial charge in [-0.2, -0.15) is 5.26 Å². The van der Waals surface area contributed by atoms with Gasteiger partial charge in [0.2, 0.25) is 0 Å². The maximum absolute atomic E-state index is 12.4. The summed E-state index contributed by atoms with van der Waals surface area (Å²) in [6.07, 6.45) is 3.05. The van der Waals surface area contributed by atoms with Crippen molar-refractivity contribution in [2.75, 3.05) is 14.2 Å². The monoisotopic (exact) mass is 360 g/mol. The largest absolute Gasteiger partial charge is 0.497 e. The highest BCUT2D eigenvalue weighted by atomic mass is 16.5. The molecular formula is C19H24N2O5. The third-order valence-electron chi connectivity index (χ3n) is 4.52. The smallest absolute Gasteiger partial charge is 0.339 e. The van der Waals surface area contributed by atoms with E-state index in [1.165, 1.54) is 33.3 Å². The molecule has 0 aromatic heterocycles. The normalized spacial score (nSPS) is 16.7. The maximum Gasteiger partial charge on any atom is 0.339 e. The van der Waals surface area contributed by atoms with Crippen LogP contribution in [-0.2, 0) is 9.53 Å². The Labute approximate surface area is 153 Å². The van der Waals surface area contributed by atoms with Crippen molar-refractivity contribution in [1.29, 1.82) is 5.26 Å². The minimum Gasteiger partial charge on any atom is -0.497 e. The number of rotatable bonds is 6. The Kier molecular flexibility index (Phi) is 6.45. The minimum atomic E-state index is -1.02. The number of esters is 1. The van der Waals surface area contributed by atoms with Crippen molar-refractivity contribution in [2.24, 2.45) is 0 Å². The van der Waals surface area contributed by atoms with Crippen LogP contribution in [0.1, 0.15) is 49.4 Å². The van der Waals surface area contributed by atoms with Crippen LogP contribution in [0.2, 0.25) is 0 Å². The molecule has 0 spiro atoms. The first-order valence-corrected chi connectivity index (χ1v) is 8.60. The summed E-state index contributed by atoms with van der Waals surface area (Å²) >= 11 is 0. The summed E-state index contributed by atoms with van der Waals surface area (Å²) in [5.74, 6) is -0.255. The van der Waals surface area contributed by atoms with Crippen molar-refractivity contribution in [2.45, 2.75) is 50.7 Å². The van der Waals surface area contributed by atoms with Gasteiger partial charge in [-0.25, -0.2) is 4.79 Å². The lowest BCUT2D eigenvalue weighted by atomic mass is 9.83. The highest BCUT2D eigenvalue weighted by Gasteiger charge is 2.35. The molecule has 1 amide bonds. The summed E-state index contributed by atoms with van der Waals surface area (Å²) in [7, 11) is 2.96. The molecule has 1 saturated carbocycles. The molecule has 1 fully saturated rings. The average molecular weight is 360 g/mol. The summed E-state index contributed by atoms with van der Waals surface area (Å²) in [5.41, 5.74) is -0.650. The summed E-state index contributed by atoms with van der Waals surface area (Å²) in [4.78, 5) is 24.8. The van der Waals surface area contributed by atoms with Gasteiger partial charge in [-0.1, -0.05) is 19.3 Å². The molecule has 0 aliphatic heterocycles. The van der Waals surface area contributed by atoms with Crippen molar-refractivity contribution in [3.05, 3.63) is 23.8 Å². The summed E-state index contributed by atoms with van der Waals surface area (Å²) < 4.78 is 15.5. The van der Waals surface area contributed by atoms with Gasteiger partial charge in [-0.15, -0.1) is 0 Å². The van der Waals surface area contributed by atoms with E-state index >= 15 is 0 Å². The molecule has 1 N–H and O–H groups in total. The molecule has 1 aliphatic rings. The number of nitrogens with one attached hydrogen (secondary N) is 1. The first kappa shape index (κ1) is 19.6. The van der Waals surface area contributed by atoms with E-state index in [0.29, 0.717) is 24.3 Å². The Balaban J connectivity index is 2.04. The number of ether oxygens (including phenoxy) is 3. The molecule has 0 saturated heterocycles. The minimum absolute atomic E-state index is 0.216. The number of nitriles is 1. The maximum atomic E-state index is 12.4. The molecule has 140 valence electrons. The third kappa shape index (κ3) is 4.66. The number of hydrogen-bond donors (Lipinski definition) is 1. The number of amides is 1. The van der Waals surface area contributed by atoms with Crippen LogP contribution in [0.15, 0.2) is 18.2 Å². The Bertz CT molecular complexity index is 682. The van der Waals surface area contributed by atoms with Gasteiger partial charge in [0.15, 0.2) is 6.10 Å². The second kappa shape index (κ2) is 8.56. The van der Waals surface area contributed by atoms with E-state index in [4.69, 9.17) is 14.2 Å². The van der Waals surface area contributed by atoms with E-state index in [1.54, 1.807) is 6.07 Å². The van der Waals surface area contributed by atoms with Crippen LogP contribution in [0.3, 0.4) is 0 Å². The molecule has 7 nitrogen and oxygen atoms in total. The van der Waals surface area contributed by atoms with Gasteiger partial charge in [0.1, 0.15) is 17.0 Å². The fraction of sp³-hybridized carbons (Fsp3) is 0.526. The molecule has 0 bridgehead atoms. The molecule has 26 heavy (non-hydrogen) atoms. The van der Waals surface area contributed by atoms with Crippen LogP contribution in [0.4, 0.5) is 0 Å². The van der Waals surface area contributed by atoms with Crippen molar-refractivity contribution < 1.29 is 23.8 Å². The fourth-order valence-corrected chi connectivity index (χ4v) is 2.96. The van der Waals surface area contributed by atoms with Gasteiger partial charge >= 0.3 is 5.97 Å². The van der Waals surface area contributed by atoms with E-state index in [9.17, 15) is 14.9 Å². The number of carbonyl (C=O) groups excluding carboxylic acids is 2. The molecule has 0 unspecified atom stereocenters. The van der Waals surface area contributed by atoms with Crippen LogP contribution in [-0.4, -0.2) is 37.7 Å². The zero-order valence-corrected chi connectivity index (χ0v) is 15.3. The second-order valence-electron chi connectivity index (χ2n) is 6.39. The number of methoxy groups -OCH3 is 2. The fourth-order valence-electron chi connectivity index (χ4n) is 2.96. The van der Waals surface area contributed by atoms with Gasteiger partial charge in [-0.3, -0.25) is 4.79 Å². The van der Waals surface area contributed by atoms with Gasteiger partial charge in [0, 0.05) is 6.07 Å². The van der Waals surface area contributed by atoms with E-state index in [-0.39, 0.29) is 5.56 Å². The van der Waals surface area contributed by atoms with Crippen LogP contribution in [0.5, 0.6) is 11.5 Å². The molecule has 0 heterocycles. The van der Waals surface area contributed by atoms with Crippen LogP contribution in [0, 0.1) is 11.3 Å². The Hall–Kier alpha value is -2.75. The first-order chi connectivity index (χ1) is 12.4. The highest BCUT2D eigenvalue weighted by molar-refractivity contribution is 5.93. The second-order valence-corrected chi connectivity index (χ2v) is 6.39. The molecule has 7 heteroatoms. The van der Waals surface area contributed by atoms with Gasteiger partial charge in [-0.05, 0) is 31.9 Å². The predicted molar refractivity (Wildman–Crippen MR) is 94.0 cm³/mol. The molecule has 1 aromatic rings. The lowest BCUT2D eigenvalue weighted by Crippen LogP contribution is -2.52. The summed E-state index contributed by atoms with van der Waals surface area (Å²) in [6, 6.07) is 6.86. The molecule has 1 aliphatic carbocycles. The Morgan fingerprint density at radius 1 is 1.12 bits per heavy atom. The van der Waals surface area contributed by atoms with Crippen LogP contribution < -0.4 is 14.8 Å². The quantitative estimate of drug-likeness (QED) is 0.783. The summed E-state index contributed by atoms with van der Waals surface area (Å²) in [5, 5.41) is 12.2. The highest BCUT2D eigenvalue weighted by Crippen LogP contribution is 2.28. The van der Waals surface area contributed by atoms with Gasteiger partial charge in [0.05, 0.1) is 25.9 Å². The van der Waals surface area contributed by atoms with E-state index in [1.807, 2.05) is 0 Å². The lowest BCUT2D eigenvalue weighted by molar-refractivity contribution is -0.130. The SMILES string of the molecule is COc1cc(OC)cc(C(=O)O[C@@H](C)C(=O)NC2(C#N)CCCCC2)c1. The Morgan fingerprint density at radius 3 is 2.19 bits per heavy atom. The third-order valence-corrected chi connectivity index (χ3v) is 4.52. The first-order valence-electron chi connectivity index (χ1n) is 8.60. The molecule has 1 atom stereocenters. The standard InChI is InChI=1S/C19H24N2O5/c1-13(17(22)21-19(12-20)7-5-4-6-8-19)26-18(23)14-9-15(24-2)11-16(10-14)25-3/h9-11,13H,4-8H2,1-3H3,(H,21,22)/t13-/m0/s1. The number of carbonyl (C=O) groups is 2. The number of nitrogens with zero attached hydrogens (tertiary/aromatic N) is 1. The van der Waals surface area contributed by atoms with Gasteiger partial charge < -0.3 is 19.5 Å². The van der Waals surface area contributed by atoms with Crippen molar-refractivity contribution in [3.63, 3.8) is 0 Å². The van der Waals surface area contributed by atoms with Crippen molar-refractivity contribution in [1.82, 2.24) is 5.32 Å². The van der Waals surface area contributed by atoms with Crippen molar-refractivity contribution >= 4 is 11.9 Å². The van der Waals surface area contributed by atoms with Crippen LogP contribution in [0.25, 0.3) is 0 Å². The molecule has 2 rings (SSSR count). The van der Waals surface area contributed by atoms with Gasteiger partial charge in [0.25, 0.3) is 5.91 Å². The predicted octanol–water partition coefficient (Wildman–Crippen LogP) is 2.59. The van der Waals surface area contributed by atoms with E-state index in [0.717, 1.165) is 19.3 Å². The van der Waals surface area contributed by atoms with E-state index in [2.05, 4.69) is 11.4 Å². The molecule has 1 aromatic carbocycles. The van der Waals surface area contributed by atoms with Crippen LogP contribution >= 0.6 is 0 Å². The average Bonchev–Trinajstić information content (AvgIpc) is 2.67. The van der Waals surface area contributed by atoms with E-state index < -0.39 is 23.5 Å². The number of benzene rings is 1. The van der Waals surface area contributed by atoms with Crippen molar-refractivity contribution in [3.8, 4) is 17.6 Å². The number of hydrogen-bond acceptors (Lipinski definition) is 6. The molecule has 0 radical (unpaired) electrons. The molecular weight excluding hydrogens is 336 g/mol. The zero-order chi connectivity index (χ0) is 19.2.